The maximum atomic E-state index is 12.8. The number of Topliss-reactive ketones (excluding diaryl/α,β-unsaturated/α-hetero) is 1. The van der Waals surface area contributed by atoms with Crippen molar-refractivity contribution in [2.75, 3.05) is 32.0 Å². The van der Waals surface area contributed by atoms with E-state index in [0.29, 0.717) is 12.3 Å². The van der Waals surface area contributed by atoms with E-state index in [1.807, 2.05) is 36.2 Å². The van der Waals surface area contributed by atoms with Crippen LogP contribution in [0.25, 0.3) is 10.8 Å². The second-order valence-electron chi connectivity index (χ2n) is 7.66. The number of nitrogens with zero attached hydrogens (tertiary/aromatic N) is 1. The largest absolute Gasteiger partial charge is 0.492 e. The van der Waals surface area contributed by atoms with E-state index >= 15 is 0 Å². The summed E-state index contributed by atoms with van der Waals surface area (Å²) < 4.78 is 5.74. The van der Waals surface area contributed by atoms with Gasteiger partial charge in [-0.3, -0.25) is 4.79 Å². The molecule has 3 aromatic rings. The van der Waals surface area contributed by atoms with E-state index in [4.69, 9.17) is 4.74 Å². The molecule has 1 saturated heterocycles. The Hall–Kier alpha value is -2.24. The topological polar surface area (TPSA) is 45.3 Å². The minimum atomic E-state index is 0.230. The monoisotopic (exact) mass is 392 g/mol. The Bertz CT molecular complexity index is 999. The number of fused-ring (bicyclic) bond motifs is 2. The summed E-state index contributed by atoms with van der Waals surface area (Å²) in [5, 5.41) is 2.25. The first kappa shape index (κ1) is 17.8. The first-order valence-electron chi connectivity index (χ1n) is 9.98. The molecule has 3 heterocycles. The Morgan fingerprint density at radius 1 is 1.21 bits per heavy atom. The van der Waals surface area contributed by atoms with Crippen LogP contribution in [-0.4, -0.2) is 47.7 Å². The van der Waals surface area contributed by atoms with Crippen molar-refractivity contribution in [3.8, 4) is 5.75 Å². The number of rotatable bonds is 5. The molecule has 5 rings (SSSR count). The molecule has 2 aromatic carbocycles. The number of likely N-dealkylation sites (tertiary alicyclic amines) is 1. The van der Waals surface area contributed by atoms with Gasteiger partial charge in [-0.1, -0.05) is 12.1 Å². The van der Waals surface area contributed by atoms with E-state index in [1.165, 1.54) is 16.9 Å². The van der Waals surface area contributed by atoms with Crippen molar-refractivity contribution in [2.45, 2.75) is 23.7 Å². The van der Waals surface area contributed by atoms with Crippen LogP contribution in [0.3, 0.4) is 0 Å². The van der Waals surface area contributed by atoms with E-state index < -0.39 is 0 Å². The van der Waals surface area contributed by atoms with Crippen molar-refractivity contribution in [3.63, 3.8) is 0 Å². The van der Waals surface area contributed by atoms with Gasteiger partial charge in [0, 0.05) is 43.2 Å². The summed E-state index contributed by atoms with van der Waals surface area (Å²) in [6, 6.07) is 12.5. The van der Waals surface area contributed by atoms with Gasteiger partial charge in [0.05, 0.1) is 11.5 Å². The fraction of sp³-hybridized carbons (Fsp3) is 0.348. The predicted molar refractivity (Wildman–Crippen MR) is 114 cm³/mol. The predicted octanol–water partition coefficient (Wildman–Crippen LogP) is 4.71. The number of carbonyl (C=O) groups is 1. The smallest absolute Gasteiger partial charge is 0.164 e. The van der Waals surface area contributed by atoms with Gasteiger partial charge in [0.1, 0.15) is 5.75 Å². The third kappa shape index (κ3) is 3.56. The van der Waals surface area contributed by atoms with E-state index in [2.05, 4.69) is 34.3 Å². The number of benzene rings is 2. The number of hydrogen-bond donors (Lipinski definition) is 1. The lowest BCUT2D eigenvalue weighted by Crippen LogP contribution is -2.23. The van der Waals surface area contributed by atoms with Gasteiger partial charge < -0.3 is 14.6 Å². The van der Waals surface area contributed by atoms with Crippen LogP contribution in [-0.2, 0) is 0 Å². The van der Waals surface area contributed by atoms with Gasteiger partial charge in [0.2, 0.25) is 0 Å². The molecule has 2 aliphatic rings. The van der Waals surface area contributed by atoms with Crippen LogP contribution in [0.15, 0.2) is 53.7 Å². The quantitative estimate of drug-likeness (QED) is 0.639. The Morgan fingerprint density at radius 3 is 3.07 bits per heavy atom. The molecular weight excluding hydrogens is 368 g/mol. The molecule has 1 N–H and O–H groups in total. The Balaban J connectivity index is 1.24. The van der Waals surface area contributed by atoms with Crippen LogP contribution < -0.4 is 4.74 Å². The van der Waals surface area contributed by atoms with Crippen molar-refractivity contribution in [1.82, 2.24) is 9.88 Å². The molecule has 0 radical (unpaired) electrons. The number of carbonyl (C=O) groups excluding carboxylic acids is 1. The summed E-state index contributed by atoms with van der Waals surface area (Å²) in [7, 11) is 0. The van der Waals surface area contributed by atoms with Crippen molar-refractivity contribution >= 4 is 28.3 Å². The third-order valence-corrected chi connectivity index (χ3v) is 6.84. The van der Waals surface area contributed by atoms with Crippen LogP contribution in [0.4, 0.5) is 0 Å². The molecule has 2 aliphatic heterocycles. The van der Waals surface area contributed by atoms with Crippen molar-refractivity contribution in [1.29, 1.82) is 0 Å². The molecule has 4 nitrogen and oxygen atoms in total. The van der Waals surface area contributed by atoms with Crippen molar-refractivity contribution in [2.24, 2.45) is 0 Å². The zero-order valence-electron chi connectivity index (χ0n) is 15.8. The zero-order valence-corrected chi connectivity index (χ0v) is 16.6. The summed E-state index contributed by atoms with van der Waals surface area (Å²) in [6.07, 6.45) is 5.83. The molecule has 0 spiro atoms. The van der Waals surface area contributed by atoms with Crippen LogP contribution in [0.2, 0.25) is 0 Å². The molecule has 0 amide bonds. The number of H-pyrrole nitrogens is 1. The van der Waals surface area contributed by atoms with Crippen molar-refractivity contribution < 1.29 is 9.53 Å². The number of aromatic nitrogens is 1. The van der Waals surface area contributed by atoms with Gasteiger partial charge in [-0.05, 0) is 59.5 Å². The molecule has 0 aliphatic carbocycles. The lowest BCUT2D eigenvalue weighted by molar-refractivity contribution is 0.0969. The number of thioether (sulfide) groups is 1. The molecule has 0 saturated carbocycles. The lowest BCUT2D eigenvalue weighted by atomic mass is 10.0. The van der Waals surface area contributed by atoms with Gasteiger partial charge in [-0.15, -0.1) is 11.8 Å². The fourth-order valence-electron chi connectivity index (χ4n) is 4.26. The molecular formula is C23H24N2O2S. The highest BCUT2D eigenvalue weighted by Gasteiger charge is 2.24. The van der Waals surface area contributed by atoms with Crippen molar-refractivity contribution in [3.05, 3.63) is 59.9 Å². The molecule has 5 heteroatoms. The number of ether oxygens (including phenoxy) is 1. The summed E-state index contributed by atoms with van der Waals surface area (Å²) in [5.74, 6) is 2.77. The van der Waals surface area contributed by atoms with Gasteiger partial charge in [-0.2, -0.15) is 0 Å². The fourth-order valence-corrected chi connectivity index (χ4v) is 5.12. The second-order valence-corrected chi connectivity index (χ2v) is 8.80. The Kier molecular flexibility index (Phi) is 4.87. The molecule has 1 fully saturated rings. The Morgan fingerprint density at radius 2 is 2.18 bits per heavy atom. The van der Waals surface area contributed by atoms with Gasteiger partial charge in [-0.25, -0.2) is 0 Å². The molecule has 28 heavy (non-hydrogen) atoms. The molecule has 1 atom stereocenters. The third-order valence-electron chi connectivity index (χ3n) is 5.84. The maximum absolute atomic E-state index is 12.8. The van der Waals surface area contributed by atoms with Crippen LogP contribution in [0.5, 0.6) is 5.75 Å². The lowest BCUT2D eigenvalue weighted by Gasteiger charge is -2.18. The molecule has 1 aromatic heterocycles. The number of aromatic amines is 1. The van der Waals surface area contributed by atoms with E-state index in [9.17, 15) is 4.79 Å². The van der Waals surface area contributed by atoms with E-state index in [1.54, 1.807) is 0 Å². The zero-order chi connectivity index (χ0) is 18.9. The normalized spacial score (nSPS) is 19.5. The van der Waals surface area contributed by atoms with Gasteiger partial charge in [0.25, 0.3) is 0 Å². The average molecular weight is 393 g/mol. The highest BCUT2D eigenvalue weighted by molar-refractivity contribution is 7.99. The van der Waals surface area contributed by atoms with Crippen LogP contribution in [0.1, 0.15) is 34.7 Å². The molecule has 1 unspecified atom stereocenters. The highest BCUT2D eigenvalue weighted by atomic mass is 32.2. The first-order valence-corrected chi connectivity index (χ1v) is 11.0. The summed E-state index contributed by atoms with van der Waals surface area (Å²) in [5.41, 5.74) is 2.20. The molecule has 0 bridgehead atoms. The minimum Gasteiger partial charge on any atom is -0.492 e. The highest BCUT2D eigenvalue weighted by Crippen LogP contribution is 2.37. The van der Waals surface area contributed by atoms with E-state index in [0.717, 1.165) is 54.1 Å². The number of ketones is 1. The summed E-state index contributed by atoms with van der Waals surface area (Å²) in [4.78, 5) is 19.5. The second kappa shape index (κ2) is 7.64. The summed E-state index contributed by atoms with van der Waals surface area (Å²) in [6.45, 7) is 3.73. The van der Waals surface area contributed by atoms with E-state index in [-0.39, 0.29) is 5.78 Å². The maximum Gasteiger partial charge on any atom is 0.164 e. The Labute approximate surface area is 169 Å². The SMILES string of the molecule is O=C(CCN1CCC(c2cc[nH]c2)C1)c1ccc2cc3c(cc2c1)SCCO3. The van der Waals surface area contributed by atoms with Crippen LogP contribution >= 0.6 is 11.8 Å². The standard InChI is InChI=1S/C23H24N2O2S/c26-21(5-8-25-7-4-19(15-25)18-3-6-24-14-18)17-2-1-16-12-22-23(13-20(16)11-17)28-10-9-27-22/h1-3,6,11-14,19,24H,4-5,7-10,15H2. The average Bonchev–Trinajstić information content (AvgIpc) is 3.41. The van der Waals surface area contributed by atoms with Gasteiger partial charge in [0.15, 0.2) is 5.78 Å². The first-order chi connectivity index (χ1) is 13.8. The number of nitrogens with one attached hydrogen (secondary N) is 1. The van der Waals surface area contributed by atoms with Crippen LogP contribution in [0, 0.1) is 0 Å². The van der Waals surface area contributed by atoms with Gasteiger partial charge >= 0.3 is 0 Å². The molecule has 144 valence electrons. The minimum absolute atomic E-state index is 0.230. The summed E-state index contributed by atoms with van der Waals surface area (Å²) >= 11 is 1.83. The number of hydrogen-bond acceptors (Lipinski definition) is 4.